The molecule has 0 saturated carbocycles. The van der Waals surface area contributed by atoms with Crippen LogP contribution in [0.1, 0.15) is 11.1 Å². The molecule has 0 radical (unpaired) electrons. The van der Waals surface area contributed by atoms with Gasteiger partial charge >= 0.3 is 0 Å². The summed E-state index contributed by atoms with van der Waals surface area (Å²) < 4.78 is 6.68. The minimum Gasteiger partial charge on any atom is -0.309 e. The predicted molar refractivity (Wildman–Crippen MR) is 269 cm³/mol. The number of hydrogen-bond donors (Lipinski definition) is 0. The molecule has 0 aliphatic heterocycles. The van der Waals surface area contributed by atoms with Crippen molar-refractivity contribution in [2.75, 3.05) is 0 Å². The Kier molecular flexibility index (Phi) is 8.48. The highest BCUT2D eigenvalue weighted by atomic mass is 15.2. The van der Waals surface area contributed by atoms with E-state index in [0.29, 0.717) is 34.3 Å². The summed E-state index contributed by atoms with van der Waals surface area (Å²) >= 11 is 0. The fourth-order valence-corrected chi connectivity index (χ4v) is 9.98. The van der Waals surface area contributed by atoms with Gasteiger partial charge in [-0.25, -0.2) is 4.98 Å². The van der Waals surface area contributed by atoms with Crippen molar-refractivity contribution < 1.29 is 0 Å². The average Bonchev–Trinajstić information content (AvgIpc) is 4.04. The Bertz CT molecular complexity index is 4170. The van der Waals surface area contributed by atoms with Crippen molar-refractivity contribution in [2.45, 2.75) is 0 Å². The summed E-state index contributed by atoms with van der Waals surface area (Å²) in [5, 5.41) is 27.1. The van der Waals surface area contributed by atoms with Crippen LogP contribution in [0, 0.1) is 22.7 Å². The molecule has 0 aliphatic rings. The van der Waals surface area contributed by atoms with Gasteiger partial charge in [-0.1, -0.05) is 133 Å². The Morgan fingerprint density at radius 1 is 0.358 bits per heavy atom. The van der Waals surface area contributed by atoms with Crippen LogP contribution in [-0.4, -0.2) is 28.7 Å². The summed E-state index contributed by atoms with van der Waals surface area (Å²) in [6.45, 7) is 0. The zero-order valence-electron chi connectivity index (χ0n) is 35.7. The second kappa shape index (κ2) is 15.0. The number of nitrogens with zero attached hydrogens (tertiary/aromatic N) is 8. The molecular formula is C59H34N8. The van der Waals surface area contributed by atoms with Crippen LogP contribution in [0.3, 0.4) is 0 Å². The Labute approximate surface area is 383 Å². The molecule has 13 rings (SSSR count). The molecule has 0 saturated heterocycles. The van der Waals surface area contributed by atoms with E-state index in [2.05, 4.69) is 135 Å². The second-order valence-electron chi connectivity index (χ2n) is 16.7. The second-order valence-corrected chi connectivity index (χ2v) is 16.7. The maximum atomic E-state index is 11.2. The van der Waals surface area contributed by atoms with Gasteiger partial charge in [0.05, 0.1) is 56.0 Å². The Balaban J connectivity index is 1.03. The lowest BCUT2D eigenvalue weighted by atomic mass is 10.0. The van der Waals surface area contributed by atoms with Crippen LogP contribution in [0.4, 0.5) is 0 Å². The van der Waals surface area contributed by atoms with Gasteiger partial charge in [0.25, 0.3) is 0 Å². The number of fused-ring (bicyclic) bond motifs is 10. The number of benzene rings is 9. The van der Waals surface area contributed by atoms with Gasteiger partial charge in [-0.2, -0.15) is 20.5 Å². The quantitative estimate of drug-likeness (QED) is 0.166. The van der Waals surface area contributed by atoms with E-state index in [1.54, 1.807) is 0 Å². The van der Waals surface area contributed by atoms with Crippen LogP contribution in [-0.2, 0) is 0 Å². The third-order valence-corrected chi connectivity index (χ3v) is 13.0. The summed E-state index contributed by atoms with van der Waals surface area (Å²) in [7, 11) is 0. The van der Waals surface area contributed by atoms with Crippen molar-refractivity contribution in [3.63, 3.8) is 0 Å². The highest BCUT2D eigenvalue weighted by Crippen LogP contribution is 2.43. The summed E-state index contributed by atoms with van der Waals surface area (Å²) in [6, 6.07) is 74.9. The molecule has 0 spiro atoms. The Morgan fingerprint density at radius 2 is 0.866 bits per heavy atom. The lowest BCUT2D eigenvalue weighted by Crippen LogP contribution is -2.07. The monoisotopic (exact) mass is 854 g/mol. The minimum absolute atomic E-state index is 0.441. The smallest absolute Gasteiger partial charge is 0.238 e. The van der Waals surface area contributed by atoms with E-state index in [0.717, 1.165) is 93.5 Å². The van der Waals surface area contributed by atoms with E-state index >= 15 is 0 Å². The molecular weight excluding hydrogens is 821 g/mol. The zero-order chi connectivity index (χ0) is 44.6. The maximum Gasteiger partial charge on any atom is 0.238 e. The number of nitriles is 2. The fourth-order valence-electron chi connectivity index (χ4n) is 9.98. The van der Waals surface area contributed by atoms with E-state index in [-0.39, 0.29) is 0 Å². The molecule has 4 heterocycles. The Morgan fingerprint density at radius 3 is 1.49 bits per heavy atom. The topological polar surface area (TPSA) is 101 Å². The molecule has 0 aliphatic carbocycles. The molecule has 8 heteroatoms. The van der Waals surface area contributed by atoms with Crippen LogP contribution in [0.5, 0.6) is 0 Å². The lowest BCUT2D eigenvalue weighted by Gasteiger charge is -2.14. The largest absolute Gasteiger partial charge is 0.309 e. The zero-order valence-corrected chi connectivity index (χ0v) is 35.7. The summed E-state index contributed by atoms with van der Waals surface area (Å²) in [6.07, 6.45) is 0. The molecule has 4 aromatic heterocycles. The van der Waals surface area contributed by atoms with Gasteiger partial charge in [-0.3, -0.25) is 4.57 Å². The van der Waals surface area contributed by atoms with Crippen molar-refractivity contribution in [3.05, 3.63) is 217 Å². The SMILES string of the molecule is N#Cc1ccc(-c2ccc(-c3nc(-c4ccc(-n5c6ccccc6c6ccc7c(c8ccccc8n7-c7ccccc7)c65)c(C#N)c4)nc(-n4c5ccccc5c5ccccc54)n3)cc2)cc1. The number of rotatable bonds is 6. The van der Waals surface area contributed by atoms with E-state index in [1.807, 2.05) is 97.1 Å². The molecule has 310 valence electrons. The van der Waals surface area contributed by atoms with Crippen molar-refractivity contribution in [1.29, 1.82) is 10.5 Å². The normalized spacial score (nSPS) is 11.6. The number of para-hydroxylation sites is 5. The number of aromatic nitrogens is 6. The lowest BCUT2D eigenvalue weighted by molar-refractivity contribution is 0.953. The average molecular weight is 855 g/mol. The predicted octanol–water partition coefficient (Wildman–Crippen LogP) is 13.9. The Hall–Kier alpha value is -9.63. The molecule has 9 aromatic carbocycles. The van der Waals surface area contributed by atoms with E-state index in [9.17, 15) is 10.5 Å². The first-order valence-electron chi connectivity index (χ1n) is 22.1. The van der Waals surface area contributed by atoms with Crippen molar-refractivity contribution >= 4 is 65.4 Å². The standard InChI is InChI=1S/C59H34N8/c60-35-37-22-24-38(25-23-37)39-26-28-40(29-27-39)57-62-58(64-59(63-57)67-51-19-9-4-14-44(51)45-15-5-10-20-52(45)67)41-30-32-49(42(34-41)36-61)66-50-18-8-6-16-46(50)47-31-33-54-55(56(47)66)48-17-7-11-21-53(48)65(54)43-12-2-1-3-13-43/h1-34H. The molecule has 13 aromatic rings. The van der Waals surface area contributed by atoms with E-state index in [1.165, 1.54) is 0 Å². The fraction of sp³-hybridized carbons (Fsp3) is 0. The van der Waals surface area contributed by atoms with Gasteiger partial charge in [0, 0.05) is 49.1 Å². The van der Waals surface area contributed by atoms with Gasteiger partial charge in [0.15, 0.2) is 11.6 Å². The molecule has 0 fully saturated rings. The summed E-state index contributed by atoms with van der Waals surface area (Å²) in [5.41, 5.74) is 12.6. The van der Waals surface area contributed by atoms with E-state index < -0.39 is 0 Å². The van der Waals surface area contributed by atoms with E-state index in [4.69, 9.17) is 15.0 Å². The molecule has 67 heavy (non-hydrogen) atoms. The first-order valence-corrected chi connectivity index (χ1v) is 22.1. The molecule has 0 amide bonds. The molecule has 0 atom stereocenters. The highest BCUT2D eigenvalue weighted by Gasteiger charge is 2.23. The van der Waals surface area contributed by atoms with Gasteiger partial charge in [0.2, 0.25) is 5.95 Å². The number of hydrogen-bond acceptors (Lipinski definition) is 5. The van der Waals surface area contributed by atoms with Gasteiger partial charge in [-0.15, -0.1) is 0 Å². The third-order valence-electron chi connectivity index (χ3n) is 13.0. The van der Waals surface area contributed by atoms with Crippen LogP contribution in [0.2, 0.25) is 0 Å². The summed E-state index contributed by atoms with van der Waals surface area (Å²) in [4.78, 5) is 15.6. The van der Waals surface area contributed by atoms with Crippen LogP contribution >= 0.6 is 0 Å². The first kappa shape index (κ1) is 37.9. The molecule has 8 nitrogen and oxygen atoms in total. The molecule has 0 N–H and O–H groups in total. The van der Waals surface area contributed by atoms with Crippen molar-refractivity contribution in [2.24, 2.45) is 0 Å². The van der Waals surface area contributed by atoms with Gasteiger partial charge < -0.3 is 9.13 Å². The van der Waals surface area contributed by atoms with Crippen molar-refractivity contribution in [1.82, 2.24) is 28.7 Å². The highest BCUT2D eigenvalue weighted by molar-refractivity contribution is 6.26. The minimum atomic E-state index is 0.441. The van der Waals surface area contributed by atoms with Gasteiger partial charge in [-0.05, 0) is 83.9 Å². The maximum absolute atomic E-state index is 11.2. The molecule has 0 bridgehead atoms. The van der Waals surface area contributed by atoms with Crippen LogP contribution in [0.15, 0.2) is 206 Å². The van der Waals surface area contributed by atoms with Gasteiger partial charge in [0.1, 0.15) is 6.07 Å². The molecule has 0 unspecified atom stereocenters. The van der Waals surface area contributed by atoms with Crippen molar-refractivity contribution in [3.8, 4) is 63.4 Å². The summed E-state index contributed by atoms with van der Waals surface area (Å²) in [5.74, 6) is 1.41. The third kappa shape index (κ3) is 5.88. The van der Waals surface area contributed by atoms with Crippen LogP contribution in [0.25, 0.3) is 117 Å². The first-order chi connectivity index (χ1) is 33.1. The van der Waals surface area contributed by atoms with Crippen LogP contribution < -0.4 is 0 Å².